The SMILES string of the molecule is CCOc1cc2[nH]c(Cc3nn(CC(=O)N4CCOCC4)c(=O)c4c3CCCC4)nc2cc1C#N. The molecule has 3 heterocycles. The van der Waals surface area contributed by atoms with E-state index in [9.17, 15) is 14.9 Å². The molecule has 0 spiro atoms. The highest BCUT2D eigenvalue weighted by Crippen LogP contribution is 2.26. The summed E-state index contributed by atoms with van der Waals surface area (Å²) in [7, 11) is 0. The number of aromatic amines is 1. The van der Waals surface area contributed by atoms with E-state index in [0.29, 0.717) is 68.4 Å². The van der Waals surface area contributed by atoms with E-state index in [1.54, 1.807) is 17.0 Å². The van der Waals surface area contributed by atoms with Gasteiger partial charge in [-0.25, -0.2) is 9.67 Å². The maximum atomic E-state index is 13.2. The van der Waals surface area contributed by atoms with Crippen LogP contribution in [0.1, 0.15) is 48.0 Å². The molecule has 182 valence electrons. The fraction of sp³-hybridized carbons (Fsp3) is 0.480. The zero-order valence-electron chi connectivity index (χ0n) is 19.8. The lowest BCUT2D eigenvalue weighted by Crippen LogP contribution is -2.44. The van der Waals surface area contributed by atoms with Crippen molar-refractivity contribution in [3.63, 3.8) is 0 Å². The number of H-pyrrole nitrogens is 1. The summed E-state index contributed by atoms with van der Waals surface area (Å²) in [6, 6.07) is 5.66. The third-order valence-electron chi connectivity index (χ3n) is 6.59. The van der Waals surface area contributed by atoms with E-state index in [-0.39, 0.29) is 18.0 Å². The number of hydrogen-bond donors (Lipinski definition) is 1. The van der Waals surface area contributed by atoms with Crippen LogP contribution in [-0.2, 0) is 35.3 Å². The van der Waals surface area contributed by atoms with E-state index in [4.69, 9.17) is 9.47 Å². The zero-order chi connectivity index (χ0) is 24.4. The van der Waals surface area contributed by atoms with Gasteiger partial charge in [0.1, 0.15) is 24.2 Å². The molecule has 10 heteroatoms. The topological polar surface area (TPSA) is 126 Å². The van der Waals surface area contributed by atoms with Gasteiger partial charge >= 0.3 is 0 Å². The summed E-state index contributed by atoms with van der Waals surface area (Å²) in [5.74, 6) is 1.08. The molecule has 2 aromatic heterocycles. The van der Waals surface area contributed by atoms with Crippen molar-refractivity contribution in [3.8, 4) is 11.8 Å². The maximum Gasteiger partial charge on any atom is 0.270 e. The van der Waals surface area contributed by atoms with E-state index >= 15 is 0 Å². The molecule has 1 N–H and O–H groups in total. The summed E-state index contributed by atoms with van der Waals surface area (Å²) in [5.41, 5.74) is 4.20. The van der Waals surface area contributed by atoms with Gasteiger partial charge in [0, 0.05) is 24.7 Å². The van der Waals surface area contributed by atoms with Crippen LogP contribution in [0.2, 0.25) is 0 Å². The molecule has 5 rings (SSSR count). The normalized spacial score (nSPS) is 15.6. The average molecular weight is 477 g/mol. The summed E-state index contributed by atoms with van der Waals surface area (Å²) in [4.78, 5) is 35.7. The summed E-state index contributed by atoms with van der Waals surface area (Å²) in [6.07, 6.45) is 3.83. The number of carbonyl (C=O) groups excluding carboxylic acids is 1. The smallest absolute Gasteiger partial charge is 0.270 e. The molecular weight excluding hydrogens is 448 g/mol. The summed E-state index contributed by atoms with van der Waals surface area (Å²) in [6.45, 7) is 4.32. The summed E-state index contributed by atoms with van der Waals surface area (Å²) < 4.78 is 12.2. The largest absolute Gasteiger partial charge is 0.492 e. The molecule has 0 atom stereocenters. The molecule has 1 aromatic carbocycles. The van der Waals surface area contributed by atoms with Crippen LogP contribution in [0.15, 0.2) is 16.9 Å². The van der Waals surface area contributed by atoms with E-state index < -0.39 is 0 Å². The lowest BCUT2D eigenvalue weighted by atomic mass is 9.91. The van der Waals surface area contributed by atoms with Crippen molar-refractivity contribution in [1.29, 1.82) is 5.26 Å². The summed E-state index contributed by atoms with van der Waals surface area (Å²) >= 11 is 0. The molecule has 1 saturated heterocycles. The number of hydrogen-bond acceptors (Lipinski definition) is 7. The monoisotopic (exact) mass is 476 g/mol. The fourth-order valence-corrected chi connectivity index (χ4v) is 4.85. The number of aromatic nitrogens is 4. The van der Waals surface area contributed by atoms with Crippen molar-refractivity contribution in [2.45, 2.75) is 45.6 Å². The molecule has 0 radical (unpaired) electrons. The third-order valence-corrected chi connectivity index (χ3v) is 6.59. The molecule has 0 unspecified atom stereocenters. The molecule has 10 nitrogen and oxygen atoms in total. The predicted octanol–water partition coefficient (Wildman–Crippen LogP) is 1.72. The maximum absolute atomic E-state index is 13.2. The van der Waals surface area contributed by atoms with Gasteiger partial charge in [-0.3, -0.25) is 9.59 Å². The Morgan fingerprint density at radius 2 is 2.00 bits per heavy atom. The van der Waals surface area contributed by atoms with Gasteiger partial charge in [0.05, 0.1) is 48.5 Å². The van der Waals surface area contributed by atoms with Gasteiger partial charge < -0.3 is 19.4 Å². The second-order valence-corrected chi connectivity index (χ2v) is 8.84. The van der Waals surface area contributed by atoms with Crippen molar-refractivity contribution in [2.75, 3.05) is 32.9 Å². The molecule has 1 amide bonds. The van der Waals surface area contributed by atoms with Crippen molar-refractivity contribution in [2.24, 2.45) is 0 Å². The van der Waals surface area contributed by atoms with E-state index in [2.05, 4.69) is 21.1 Å². The molecule has 35 heavy (non-hydrogen) atoms. The van der Waals surface area contributed by atoms with Crippen molar-refractivity contribution >= 4 is 16.9 Å². The quantitative estimate of drug-likeness (QED) is 0.574. The number of imidazole rings is 1. The Labute approximate surface area is 202 Å². The molecule has 0 saturated carbocycles. The molecule has 1 aliphatic heterocycles. The van der Waals surface area contributed by atoms with Crippen LogP contribution in [-0.4, -0.2) is 63.5 Å². The minimum absolute atomic E-state index is 0.0809. The van der Waals surface area contributed by atoms with Crippen LogP contribution < -0.4 is 10.3 Å². The first-order valence-electron chi connectivity index (χ1n) is 12.1. The van der Waals surface area contributed by atoms with Gasteiger partial charge in [0.25, 0.3) is 5.56 Å². The van der Waals surface area contributed by atoms with Crippen LogP contribution in [0.4, 0.5) is 0 Å². The number of rotatable bonds is 6. The number of fused-ring (bicyclic) bond motifs is 2. The van der Waals surface area contributed by atoms with Crippen LogP contribution in [0.3, 0.4) is 0 Å². The van der Waals surface area contributed by atoms with Crippen molar-refractivity contribution in [1.82, 2.24) is 24.6 Å². The zero-order valence-corrected chi connectivity index (χ0v) is 19.8. The highest BCUT2D eigenvalue weighted by atomic mass is 16.5. The second-order valence-electron chi connectivity index (χ2n) is 8.84. The lowest BCUT2D eigenvalue weighted by molar-refractivity contribution is -0.136. The van der Waals surface area contributed by atoms with Crippen LogP contribution in [0, 0.1) is 11.3 Å². The van der Waals surface area contributed by atoms with Gasteiger partial charge in [-0.05, 0) is 44.2 Å². The molecule has 1 aliphatic carbocycles. The van der Waals surface area contributed by atoms with Gasteiger partial charge in [0.15, 0.2) is 0 Å². The van der Waals surface area contributed by atoms with Gasteiger partial charge in [-0.2, -0.15) is 10.4 Å². The molecular formula is C25H28N6O4. The Balaban J connectivity index is 1.48. The van der Waals surface area contributed by atoms with Crippen LogP contribution >= 0.6 is 0 Å². The minimum Gasteiger partial charge on any atom is -0.492 e. The number of ether oxygens (including phenoxy) is 2. The number of carbonyl (C=O) groups is 1. The van der Waals surface area contributed by atoms with E-state index in [1.165, 1.54) is 4.68 Å². The van der Waals surface area contributed by atoms with Crippen LogP contribution in [0.5, 0.6) is 5.75 Å². The van der Waals surface area contributed by atoms with Gasteiger partial charge in [0.2, 0.25) is 5.91 Å². The molecule has 3 aromatic rings. The van der Waals surface area contributed by atoms with Gasteiger partial charge in [-0.1, -0.05) is 0 Å². The fourth-order valence-electron chi connectivity index (χ4n) is 4.85. The Morgan fingerprint density at radius 1 is 1.23 bits per heavy atom. The first-order chi connectivity index (χ1) is 17.1. The summed E-state index contributed by atoms with van der Waals surface area (Å²) in [5, 5.41) is 14.1. The van der Waals surface area contributed by atoms with Crippen molar-refractivity contribution in [3.05, 3.63) is 50.7 Å². The highest BCUT2D eigenvalue weighted by molar-refractivity contribution is 5.79. The molecule has 0 bridgehead atoms. The number of nitrogens with one attached hydrogen (secondary N) is 1. The Bertz CT molecular complexity index is 1360. The van der Waals surface area contributed by atoms with E-state index in [1.807, 2.05) is 6.92 Å². The molecule has 2 aliphatic rings. The number of benzene rings is 1. The Kier molecular flexibility index (Phi) is 6.51. The first kappa shape index (κ1) is 23.1. The first-order valence-corrected chi connectivity index (χ1v) is 12.1. The Morgan fingerprint density at radius 3 is 2.74 bits per heavy atom. The van der Waals surface area contributed by atoms with E-state index in [0.717, 1.165) is 41.6 Å². The number of morpholine rings is 1. The second kappa shape index (κ2) is 9.88. The van der Waals surface area contributed by atoms with Gasteiger partial charge in [-0.15, -0.1) is 0 Å². The standard InChI is InChI=1S/C25H28N6O4/c1-2-35-22-12-21-20(11-16(22)14-26)27-23(28-21)13-19-17-5-3-4-6-18(17)25(33)31(29-19)15-24(32)30-7-9-34-10-8-30/h11-12H,2-10,13,15H2,1H3,(H,27,28). The number of nitrogens with zero attached hydrogens (tertiary/aromatic N) is 5. The minimum atomic E-state index is -0.172. The lowest BCUT2D eigenvalue weighted by Gasteiger charge is -2.27. The molecule has 1 fully saturated rings. The number of amides is 1. The Hall–Kier alpha value is -3.71. The predicted molar refractivity (Wildman–Crippen MR) is 127 cm³/mol. The number of nitriles is 1. The average Bonchev–Trinajstić information content (AvgIpc) is 3.28. The third kappa shape index (κ3) is 4.64. The van der Waals surface area contributed by atoms with Crippen LogP contribution in [0.25, 0.3) is 11.0 Å². The van der Waals surface area contributed by atoms with Crippen molar-refractivity contribution < 1.29 is 14.3 Å². The highest BCUT2D eigenvalue weighted by Gasteiger charge is 2.24.